The summed E-state index contributed by atoms with van der Waals surface area (Å²) >= 11 is 0. The maximum Gasteiger partial charge on any atom is 0.115 e. The van der Waals surface area contributed by atoms with Gasteiger partial charge in [0.15, 0.2) is 0 Å². The predicted octanol–water partition coefficient (Wildman–Crippen LogP) is 1.69. The second-order valence-corrected chi connectivity index (χ2v) is 3.77. The summed E-state index contributed by atoms with van der Waals surface area (Å²) in [4.78, 5) is 0. The zero-order chi connectivity index (χ0) is 11.1. The first-order valence-corrected chi connectivity index (χ1v) is 5.25. The van der Waals surface area contributed by atoms with E-state index in [1.165, 1.54) is 0 Å². The molecule has 0 aliphatic carbocycles. The van der Waals surface area contributed by atoms with E-state index >= 15 is 0 Å². The van der Waals surface area contributed by atoms with Crippen LogP contribution in [0.3, 0.4) is 0 Å². The Morgan fingerprint density at radius 3 is 2.93 bits per heavy atom. The molecule has 0 fully saturated rings. The van der Waals surface area contributed by atoms with Crippen LogP contribution in [0, 0.1) is 0 Å². The number of hydrogen-bond donors (Lipinski definition) is 2. The molecule has 0 saturated heterocycles. The molecule has 0 aliphatic rings. The van der Waals surface area contributed by atoms with Gasteiger partial charge in [-0.2, -0.15) is 0 Å². The lowest BCUT2D eigenvalue weighted by atomic mass is 10.0. The van der Waals surface area contributed by atoms with Crippen molar-refractivity contribution in [2.75, 3.05) is 13.7 Å². The summed E-state index contributed by atoms with van der Waals surface area (Å²) in [7, 11) is 1.70. The molecular weight excluding hydrogens is 190 g/mol. The molecule has 1 rings (SSSR count). The predicted molar refractivity (Wildman–Crippen MR) is 60.9 cm³/mol. The van der Waals surface area contributed by atoms with Crippen LogP contribution in [0.4, 0.5) is 0 Å². The standard InChI is InChI=1S/C12H19NO2/c1-15-7-3-5-11(13)8-10-4-2-6-12(14)9-10/h2,4,6,9,11,14H,3,5,7-8,13H2,1H3. The van der Waals surface area contributed by atoms with Gasteiger partial charge in [0, 0.05) is 19.8 Å². The number of ether oxygens (including phenoxy) is 1. The van der Waals surface area contributed by atoms with Crippen LogP contribution in [-0.4, -0.2) is 24.9 Å². The van der Waals surface area contributed by atoms with Gasteiger partial charge in [-0.15, -0.1) is 0 Å². The van der Waals surface area contributed by atoms with Crippen molar-refractivity contribution in [1.29, 1.82) is 0 Å². The average molecular weight is 209 g/mol. The number of nitrogens with two attached hydrogens (primary N) is 1. The van der Waals surface area contributed by atoms with Gasteiger partial charge in [-0.1, -0.05) is 12.1 Å². The highest BCUT2D eigenvalue weighted by Crippen LogP contribution is 2.13. The first-order chi connectivity index (χ1) is 7.22. The van der Waals surface area contributed by atoms with Crippen molar-refractivity contribution in [1.82, 2.24) is 0 Å². The van der Waals surface area contributed by atoms with E-state index in [1.54, 1.807) is 19.2 Å². The van der Waals surface area contributed by atoms with Gasteiger partial charge in [0.2, 0.25) is 0 Å². The van der Waals surface area contributed by atoms with Crippen molar-refractivity contribution in [3.8, 4) is 5.75 Å². The molecule has 0 aromatic heterocycles. The van der Waals surface area contributed by atoms with Crippen molar-refractivity contribution in [2.24, 2.45) is 5.73 Å². The number of phenolic OH excluding ortho intramolecular Hbond substituents is 1. The zero-order valence-corrected chi connectivity index (χ0v) is 9.15. The molecule has 1 atom stereocenters. The largest absolute Gasteiger partial charge is 0.508 e. The molecule has 3 nitrogen and oxygen atoms in total. The van der Waals surface area contributed by atoms with Crippen LogP contribution in [0.5, 0.6) is 5.75 Å². The molecule has 15 heavy (non-hydrogen) atoms. The van der Waals surface area contributed by atoms with Crippen LogP contribution < -0.4 is 5.73 Å². The van der Waals surface area contributed by atoms with Gasteiger partial charge in [0.05, 0.1) is 0 Å². The normalized spacial score (nSPS) is 12.7. The van der Waals surface area contributed by atoms with Crippen molar-refractivity contribution in [3.05, 3.63) is 29.8 Å². The highest BCUT2D eigenvalue weighted by Gasteiger charge is 2.04. The summed E-state index contributed by atoms with van der Waals surface area (Å²) in [6.45, 7) is 0.758. The van der Waals surface area contributed by atoms with Crippen LogP contribution in [-0.2, 0) is 11.2 Å². The first-order valence-electron chi connectivity index (χ1n) is 5.25. The maximum atomic E-state index is 9.28. The number of aromatic hydroxyl groups is 1. The quantitative estimate of drug-likeness (QED) is 0.701. The van der Waals surface area contributed by atoms with Gasteiger partial charge in [-0.3, -0.25) is 0 Å². The molecule has 1 unspecified atom stereocenters. The molecule has 3 heteroatoms. The van der Waals surface area contributed by atoms with Gasteiger partial charge < -0.3 is 15.6 Å². The summed E-state index contributed by atoms with van der Waals surface area (Å²) in [5.74, 6) is 0.302. The minimum absolute atomic E-state index is 0.141. The van der Waals surface area contributed by atoms with E-state index < -0.39 is 0 Å². The molecule has 0 radical (unpaired) electrons. The molecule has 0 spiro atoms. The molecule has 1 aromatic carbocycles. The van der Waals surface area contributed by atoms with Gasteiger partial charge in [0.1, 0.15) is 5.75 Å². The minimum atomic E-state index is 0.141. The summed E-state index contributed by atoms with van der Waals surface area (Å²) in [6, 6.07) is 7.39. The van der Waals surface area contributed by atoms with E-state index in [4.69, 9.17) is 10.5 Å². The maximum absolute atomic E-state index is 9.28. The summed E-state index contributed by atoms with van der Waals surface area (Å²) in [5.41, 5.74) is 7.04. The fraction of sp³-hybridized carbons (Fsp3) is 0.500. The summed E-state index contributed by atoms with van der Waals surface area (Å²) in [6.07, 6.45) is 2.73. The van der Waals surface area contributed by atoms with Gasteiger partial charge >= 0.3 is 0 Å². The van der Waals surface area contributed by atoms with E-state index in [1.807, 2.05) is 12.1 Å². The van der Waals surface area contributed by atoms with Gasteiger partial charge in [0.25, 0.3) is 0 Å². The van der Waals surface area contributed by atoms with E-state index in [0.29, 0.717) is 5.75 Å². The molecule has 0 bridgehead atoms. The van der Waals surface area contributed by atoms with E-state index in [2.05, 4.69) is 0 Å². The highest BCUT2D eigenvalue weighted by molar-refractivity contribution is 5.27. The third-order valence-corrected chi connectivity index (χ3v) is 2.33. The lowest BCUT2D eigenvalue weighted by Crippen LogP contribution is -2.23. The number of hydrogen-bond acceptors (Lipinski definition) is 3. The fourth-order valence-electron chi connectivity index (χ4n) is 1.58. The van der Waals surface area contributed by atoms with Crippen LogP contribution in [0.15, 0.2) is 24.3 Å². The smallest absolute Gasteiger partial charge is 0.115 e. The fourth-order valence-corrected chi connectivity index (χ4v) is 1.58. The molecule has 0 heterocycles. The summed E-state index contributed by atoms with van der Waals surface area (Å²) in [5, 5.41) is 9.28. The van der Waals surface area contributed by atoms with E-state index in [-0.39, 0.29) is 6.04 Å². The minimum Gasteiger partial charge on any atom is -0.508 e. The second-order valence-electron chi connectivity index (χ2n) is 3.77. The second kappa shape index (κ2) is 6.43. The Labute approximate surface area is 90.9 Å². The van der Waals surface area contributed by atoms with Gasteiger partial charge in [-0.05, 0) is 37.0 Å². The van der Waals surface area contributed by atoms with Crippen molar-refractivity contribution in [2.45, 2.75) is 25.3 Å². The average Bonchev–Trinajstić information content (AvgIpc) is 2.18. The van der Waals surface area contributed by atoms with Crippen LogP contribution in [0.25, 0.3) is 0 Å². The highest BCUT2D eigenvalue weighted by atomic mass is 16.5. The molecule has 0 aliphatic heterocycles. The Morgan fingerprint density at radius 1 is 1.47 bits per heavy atom. The Kier molecular flexibility index (Phi) is 5.15. The lowest BCUT2D eigenvalue weighted by Gasteiger charge is -2.11. The molecular formula is C12H19NO2. The monoisotopic (exact) mass is 209 g/mol. The third-order valence-electron chi connectivity index (χ3n) is 2.33. The van der Waals surface area contributed by atoms with Crippen molar-refractivity contribution < 1.29 is 9.84 Å². The van der Waals surface area contributed by atoms with Crippen molar-refractivity contribution >= 4 is 0 Å². The Hall–Kier alpha value is -1.06. The van der Waals surface area contributed by atoms with Crippen molar-refractivity contribution in [3.63, 3.8) is 0 Å². The number of rotatable bonds is 6. The molecule has 84 valence electrons. The molecule has 0 amide bonds. The van der Waals surface area contributed by atoms with Crippen LogP contribution >= 0.6 is 0 Å². The van der Waals surface area contributed by atoms with E-state index in [0.717, 1.165) is 31.4 Å². The number of methoxy groups -OCH3 is 1. The number of phenols is 1. The Morgan fingerprint density at radius 2 is 2.27 bits per heavy atom. The third kappa shape index (κ3) is 4.81. The Bertz CT molecular complexity index is 289. The topological polar surface area (TPSA) is 55.5 Å². The first kappa shape index (κ1) is 12.0. The molecule has 1 aromatic rings. The van der Waals surface area contributed by atoms with Crippen LogP contribution in [0.1, 0.15) is 18.4 Å². The number of benzene rings is 1. The summed E-state index contributed by atoms with van der Waals surface area (Å²) < 4.78 is 4.97. The van der Waals surface area contributed by atoms with Gasteiger partial charge in [-0.25, -0.2) is 0 Å². The SMILES string of the molecule is COCCCC(N)Cc1cccc(O)c1. The van der Waals surface area contributed by atoms with E-state index in [9.17, 15) is 5.11 Å². The molecule has 0 saturated carbocycles. The molecule has 3 N–H and O–H groups in total. The zero-order valence-electron chi connectivity index (χ0n) is 9.15. The lowest BCUT2D eigenvalue weighted by molar-refractivity contribution is 0.190. The Balaban J connectivity index is 2.34. The van der Waals surface area contributed by atoms with Crippen LogP contribution in [0.2, 0.25) is 0 Å².